The molecule has 0 unspecified atom stereocenters. The van der Waals surface area contributed by atoms with Gasteiger partial charge in [-0.3, -0.25) is 14.6 Å². The number of nitrogens with two attached hydrogens (primary N) is 1. The van der Waals surface area contributed by atoms with Gasteiger partial charge in [0.15, 0.2) is 17.3 Å². The predicted molar refractivity (Wildman–Crippen MR) is 63.6 cm³/mol. The number of anilines is 1. The molecule has 0 amide bonds. The summed E-state index contributed by atoms with van der Waals surface area (Å²) in [7, 11) is 0. The normalized spacial score (nSPS) is 11.1. The van der Waals surface area contributed by atoms with Crippen LogP contribution in [0.2, 0.25) is 0 Å². The Morgan fingerprint density at radius 2 is 2.29 bits per heavy atom. The summed E-state index contributed by atoms with van der Waals surface area (Å²) in [6.45, 7) is 2.44. The molecule has 0 saturated heterocycles. The molecule has 0 fully saturated rings. The molecule has 7 nitrogen and oxygen atoms in total. The number of hydrogen-bond donors (Lipinski definition) is 2. The monoisotopic (exact) mass is 232 g/mol. The van der Waals surface area contributed by atoms with Crippen molar-refractivity contribution in [3.63, 3.8) is 0 Å². The minimum atomic E-state index is -0.357. The number of nitrogens with one attached hydrogen (secondary N) is 1. The van der Waals surface area contributed by atoms with E-state index in [1.54, 1.807) is 24.4 Å². The lowest BCUT2D eigenvalue weighted by molar-refractivity contribution is 0.662. The molecule has 2 aromatic heterocycles. The third-order valence-electron chi connectivity index (χ3n) is 2.20. The predicted octanol–water partition coefficient (Wildman–Crippen LogP) is 1.59. The van der Waals surface area contributed by atoms with E-state index in [1.165, 1.54) is 4.68 Å². The van der Waals surface area contributed by atoms with Gasteiger partial charge in [-0.1, -0.05) is 6.07 Å². The first-order valence-corrected chi connectivity index (χ1v) is 5.13. The molecular formula is C10H12N6O. The van der Waals surface area contributed by atoms with E-state index in [1.807, 2.05) is 6.92 Å². The summed E-state index contributed by atoms with van der Waals surface area (Å²) < 4.78 is 1.51. The first kappa shape index (κ1) is 11.1. The average Bonchev–Trinajstić information content (AvgIpc) is 2.63. The van der Waals surface area contributed by atoms with Crippen molar-refractivity contribution in [1.82, 2.24) is 14.8 Å². The van der Waals surface area contributed by atoms with Crippen LogP contribution in [0.15, 0.2) is 39.4 Å². The Morgan fingerprint density at radius 1 is 1.47 bits per heavy atom. The highest BCUT2D eigenvalue weighted by Gasteiger charge is 2.09. The van der Waals surface area contributed by atoms with Crippen LogP contribution in [0, 0.1) is 0 Å². The van der Waals surface area contributed by atoms with Gasteiger partial charge in [-0.25, -0.2) is 4.98 Å². The standard InChI is InChI=1S/C10H12N6O/c1-2-16-9(11)8(10(17)15-16)14-13-7-5-3-4-6-12-7/h3-6H,2,11H2,1H3,(H,15,17). The molecule has 2 heterocycles. The summed E-state index contributed by atoms with van der Waals surface area (Å²) in [6.07, 6.45) is 1.60. The second-order valence-corrected chi connectivity index (χ2v) is 3.31. The van der Waals surface area contributed by atoms with E-state index < -0.39 is 0 Å². The van der Waals surface area contributed by atoms with Crippen LogP contribution in [-0.2, 0) is 6.54 Å². The molecule has 0 aromatic carbocycles. The molecule has 7 heteroatoms. The van der Waals surface area contributed by atoms with Gasteiger partial charge in [0.25, 0.3) is 5.56 Å². The molecule has 0 radical (unpaired) electrons. The first-order chi connectivity index (χ1) is 8.22. The number of nitrogen functional groups attached to an aromatic ring is 1. The van der Waals surface area contributed by atoms with Gasteiger partial charge < -0.3 is 5.73 Å². The highest BCUT2D eigenvalue weighted by atomic mass is 16.1. The minimum Gasteiger partial charge on any atom is -0.382 e. The van der Waals surface area contributed by atoms with Crippen LogP contribution in [0.4, 0.5) is 17.3 Å². The minimum absolute atomic E-state index is 0.109. The molecule has 0 spiro atoms. The Balaban J connectivity index is 2.34. The van der Waals surface area contributed by atoms with Gasteiger partial charge in [0.05, 0.1) is 0 Å². The fraction of sp³-hybridized carbons (Fsp3) is 0.200. The Morgan fingerprint density at radius 3 is 2.88 bits per heavy atom. The van der Waals surface area contributed by atoms with Crippen LogP contribution in [0.1, 0.15) is 6.92 Å². The van der Waals surface area contributed by atoms with Gasteiger partial charge in [-0.2, -0.15) is 0 Å². The molecule has 0 saturated carbocycles. The molecule has 17 heavy (non-hydrogen) atoms. The van der Waals surface area contributed by atoms with Crippen molar-refractivity contribution in [2.45, 2.75) is 13.5 Å². The summed E-state index contributed by atoms with van der Waals surface area (Å²) in [5.41, 5.74) is 5.49. The van der Waals surface area contributed by atoms with Gasteiger partial charge in [0.2, 0.25) is 0 Å². The zero-order valence-electron chi connectivity index (χ0n) is 9.29. The Kier molecular flexibility index (Phi) is 2.99. The maximum Gasteiger partial charge on any atom is 0.294 e. The van der Waals surface area contributed by atoms with E-state index in [0.717, 1.165) is 0 Å². The molecule has 2 rings (SSSR count). The second-order valence-electron chi connectivity index (χ2n) is 3.31. The SMILES string of the molecule is CCn1[nH]c(=O)c(N=Nc2ccccn2)c1N. The van der Waals surface area contributed by atoms with Crippen molar-refractivity contribution in [1.29, 1.82) is 0 Å². The zero-order chi connectivity index (χ0) is 12.3. The van der Waals surface area contributed by atoms with Gasteiger partial charge in [0.1, 0.15) is 0 Å². The molecular weight excluding hydrogens is 220 g/mol. The zero-order valence-corrected chi connectivity index (χ0v) is 9.29. The largest absolute Gasteiger partial charge is 0.382 e. The number of rotatable bonds is 3. The van der Waals surface area contributed by atoms with E-state index in [9.17, 15) is 4.79 Å². The molecule has 0 aliphatic carbocycles. The third kappa shape index (κ3) is 2.22. The Bertz CT molecular complexity index is 583. The van der Waals surface area contributed by atoms with Gasteiger partial charge in [0, 0.05) is 12.7 Å². The van der Waals surface area contributed by atoms with Crippen LogP contribution >= 0.6 is 0 Å². The Hall–Kier alpha value is -2.44. The summed E-state index contributed by atoms with van der Waals surface area (Å²) in [5, 5.41) is 10.2. The van der Waals surface area contributed by atoms with Crippen molar-refractivity contribution in [2.75, 3.05) is 5.73 Å². The number of aromatic amines is 1. The number of pyridine rings is 1. The van der Waals surface area contributed by atoms with Gasteiger partial charge >= 0.3 is 0 Å². The summed E-state index contributed by atoms with van der Waals surface area (Å²) in [5.74, 6) is 0.702. The van der Waals surface area contributed by atoms with Gasteiger partial charge in [-0.05, 0) is 19.1 Å². The lowest BCUT2D eigenvalue weighted by Crippen LogP contribution is -2.05. The topological polar surface area (TPSA) is 101 Å². The number of nitrogens with zero attached hydrogens (tertiary/aromatic N) is 4. The van der Waals surface area contributed by atoms with E-state index in [0.29, 0.717) is 12.4 Å². The van der Waals surface area contributed by atoms with E-state index in [-0.39, 0.29) is 17.1 Å². The smallest absolute Gasteiger partial charge is 0.294 e. The summed E-state index contributed by atoms with van der Waals surface area (Å²) in [6, 6.07) is 5.24. The molecule has 88 valence electrons. The molecule has 0 aliphatic rings. The molecule has 3 N–H and O–H groups in total. The van der Waals surface area contributed by atoms with Crippen molar-refractivity contribution < 1.29 is 0 Å². The van der Waals surface area contributed by atoms with Crippen molar-refractivity contribution in [3.8, 4) is 0 Å². The lowest BCUT2D eigenvalue weighted by Gasteiger charge is -1.97. The van der Waals surface area contributed by atoms with E-state index in [2.05, 4.69) is 20.3 Å². The van der Waals surface area contributed by atoms with Crippen LogP contribution in [0.3, 0.4) is 0 Å². The highest BCUT2D eigenvalue weighted by Crippen LogP contribution is 2.18. The van der Waals surface area contributed by atoms with Crippen molar-refractivity contribution >= 4 is 17.3 Å². The molecule has 2 aromatic rings. The average molecular weight is 232 g/mol. The fourth-order valence-electron chi connectivity index (χ4n) is 1.34. The number of hydrogen-bond acceptors (Lipinski definition) is 5. The number of aryl methyl sites for hydroxylation is 1. The van der Waals surface area contributed by atoms with Crippen LogP contribution in [0.5, 0.6) is 0 Å². The van der Waals surface area contributed by atoms with Crippen molar-refractivity contribution in [3.05, 3.63) is 34.7 Å². The summed E-state index contributed by atoms with van der Waals surface area (Å²) in [4.78, 5) is 15.5. The van der Waals surface area contributed by atoms with E-state index >= 15 is 0 Å². The van der Waals surface area contributed by atoms with E-state index in [4.69, 9.17) is 5.73 Å². The quantitative estimate of drug-likeness (QED) is 0.785. The third-order valence-corrected chi connectivity index (χ3v) is 2.20. The number of H-pyrrole nitrogens is 1. The van der Waals surface area contributed by atoms with Crippen LogP contribution in [-0.4, -0.2) is 14.8 Å². The number of aromatic nitrogens is 3. The fourth-order valence-corrected chi connectivity index (χ4v) is 1.34. The number of azo groups is 1. The Labute approximate surface area is 97.0 Å². The van der Waals surface area contributed by atoms with Crippen LogP contribution in [0.25, 0.3) is 0 Å². The molecule has 0 bridgehead atoms. The maximum absolute atomic E-state index is 11.5. The van der Waals surface area contributed by atoms with Crippen molar-refractivity contribution in [2.24, 2.45) is 10.2 Å². The van der Waals surface area contributed by atoms with Crippen LogP contribution < -0.4 is 11.3 Å². The highest BCUT2D eigenvalue weighted by molar-refractivity contribution is 5.56. The molecule has 0 atom stereocenters. The van der Waals surface area contributed by atoms with Gasteiger partial charge in [-0.15, -0.1) is 10.2 Å². The maximum atomic E-state index is 11.5. The summed E-state index contributed by atoms with van der Waals surface area (Å²) >= 11 is 0. The first-order valence-electron chi connectivity index (χ1n) is 5.13. The lowest BCUT2D eigenvalue weighted by atomic mass is 10.5. The molecule has 0 aliphatic heterocycles. The second kappa shape index (κ2) is 4.60.